The van der Waals surface area contributed by atoms with Crippen LogP contribution in [0.4, 0.5) is 0 Å². The van der Waals surface area contributed by atoms with Gasteiger partial charge in [-0.1, -0.05) is 41.4 Å². The highest BCUT2D eigenvalue weighted by Gasteiger charge is 2.17. The van der Waals surface area contributed by atoms with Crippen LogP contribution in [0.3, 0.4) is 0 Å². The fourth-order valence-corrected chi connectivity index (χ4v) is 5.46. The van der Waals surface area contributed by atoms with Crippen molar-refractivity contribution in [2.75, 3.05) is 11.5 Å². The maximum Gasteiger partial charge on any atom is 0.119 e. The largest absolute Gasteiger partial charge is 0.489 e. The fraction of sp³-hybridized carbons (Fsp3) is 0.250. The summed E-state index contributed by atoms with van der Waals surface area (Å²) in [6.45, 7) is 0.380. The van der Waals surface area contributed by atoms with Crippen molar-refractivity contribution < 1.29 is 4.74 Å². The van der Waals surface area contributed by atoms with E-state index in [2.05, 4.69) is 12.1 Å². The molecule has 1 heterocycles. The molecule has 0 amide bonds. The third-order valence-electron chi connectivity index (χ3n) is 3.22. The van der Waals surface area contributed by atoms with Crippen molar-refractivity contribution >= 4 is 46.7 Å². The van der Waals surface area contributed by atoms with E-state index in [0.29, 0.717) is 21.2 Å². The van der Waals surface area contributed by atoms with Crippen LogP contribution in [0.5, 0.6) is 5.75 Å². The summed E-state index contributed by atoms with van der Waals surface area (Å²) in [6.07, 6.45) is 0. The van der Waals surface area contributed by atoms with Crippen LogP contribution in [0.2, 0.25) is 10.0 Å². The topological polar surface area (TPSA) is 9.23 Å². The molecule has 0 spiro atoms. The molecule has 1 nitrogen and oxygen atoms in total. The minimum atomic E-state index is 0.380. The first-order valence-electron chi connectivity index (χ1n) is 6.63. The normalized spacial score (nSPS) is 15.3. The molecular weight excluding hydrogens is 343 g/mol. The van der Waals surface area contributed by atoms with E-state index in [9.17, 15) is 0 Å². The van der Waals surface area contributed by atoms with Crippen LogP contribution < -0.4 is 4.74 Å². The van der Waals surface area contributed by atoms with Crippen molar-refractivity contribution in [2.24, 2.45) is 0 Å². The zero-order valence-electron chi connectivity index (χ0n) is 11.2. The van der Waals surface area contributed by atoms with Crippen LogP contribution in [0, 0.1) is 0 Å². The zero-order valence-corrected chi connectivity index (χ0v) is 14.4. The monoisotopic (exact) mass is 356 g/mol. The first-order chi connectivity index (χ1) is 10.2. The molecule has 0 radical (unpaired) electrons. The Bertz CT molecular complexity index is 590. The quantitative estimate of drug-likeness (QED) is 0.659. The number of halogens is 2. The Morgan fingerprint density at radius 1 is 0.952 bits per heavy atom. The Morgan fingerprint density at radius 2 is 1.57 bits per heavy atom. The Hall–Kier alpha value is -0.480. The molecule has 0 unspecified atom stereocenters. The SMILES string of the molecule is Clc1cccc(Cl)c1COc1ccc(C2SCCS2)cc1. The van der Waals surface area contributed by atoms with E-state index in [1.807, 2.05) is 53.9 Å². The lowest BCUT2D eigenvalue weighted by Crippen LogP contribution is -1.97. The maximum absolute atomic E-state index is 6.14. The molecule has 0 saturated carbocycles. The second-order valence-electron chi connectivity index (χ2n) is 4.63. The molecule has 5 heteroatoms. The average Bonchev–Trinajstić information content (AvgIpc) is 3.02. The number of hydrogen-bond donors (Lipinski definition) is 0. The lowest BCUT2D eigenvalue weighted by Gasteiger charge is -2.11. The number of thioether (sulfide) groups is 2. The van der Waals surface area contributed by atoms with Gasteiger partial charge in [-0.15, -0.1) is 23.5 Å². The highest BCUT2D eigenvalue weighted by atomic mass is 35.5. The van der Waals surface area contributed by atoms with Crippen molar-refractivity contribution in [3.63, 3.8) is 0 Å². The number of benzene rings is 2. The molecular formula is C16H14Cl2OS2. The van der Waals surface area contributed by atoms with Gasteiger partial charge in [-0.2, -0.15) is 0 Å². The number of rotatable bonds is 4. The molecule has 2 aromatic carbocycles. The first kappa shape index (κ1) is 15.4. The van der Waals surface area contributed by atoms with Gasteiger partial charge in [0.1, 0.15) is 12.4 Å². The van der Waals surface area contributed by atoms with Crippen LogP contribution in [0.1, 0.15) is 15.7 Å². The van der Waals surface area contributed by atoms with E-state index in [1.165, 1.54) is 17.1 Å². The minimum absolute atomic E-state index is 0.380. The average molecular weight is 357 g/mol. The van der Waals surface area contributed by atoms with Gasteiger partial charge in [-0.25, -0.2) is 0 Å². The molecule has 1 saturated heterocycles. The molecule has 3 rings (SSSR count). The maximum atomic E-state index is 6.14. The van der Waals surface area contributed by atoms with Crippen LogP contribution in [-0.2, 0) is 6.61 Å². The Kier molecular flexibility index (Phi) is 5.28. The summed E-state index contributed by atoms with van der Waals surface area (Å²) in [6, 6.07) is 13.8. The minimum Gasteiger partial charge on any atom is -0.489 e. The lowest BCUT2D eigenvalue weighted by molar-refractivity contribution is 0.306. The molecule has 21 heavy (non-hydrogen) atoms. The lowest BCUT2D eigenvalue weighted by atomic mass is 10.2. The Balaban J connectivity index is 1.65. The van der Waals surface area contributed by atoms with Gasteiger partial charge in [-0.3, -0.25) is 0 Å². The van der Waals surface area contributed by atoms with Gasteiger partial charge >= 0.3 is 0 Å². The van der Waals surface area contributed by atoms with Gasteiger partial charge in [0.2, 0.25) is 0 Å². The molecule has 1 aliphatic rings. The zero-order chi connectivity index (χ0) is 14.7. The summed E-state index contributed by atoms with van der Waals surface area (Å²) in [5, 5.41) is 1.27. The fourth-order valence-electron chi connectivity index (χ4n) is 2.10. The van der Waals surface area contributed by atoms with E-state index in [1.54, 1.807) is 0 Å². The van der Waals surface area contributed by atoms with E-state index in [-0.39, 0.29) is 0 Å². The second-order valence-corrected chi connectivity index (χ2v) is 8.17. The van der Waals surface area contributed by atoms with Crippen LogP contribution >= 0.6 is 46.7 Å². The van der Waals surface area contributed by atoms with Crippen LogP contribution in [-0.4, -0.2) is 11.5 Å². The van der Waals surface area contributed by atoms with E-state index < -0.39 is 0 Å². The molecule has 0 bridgehead atoms. The predicted molar refractivity (Wildman–Crippen MR) is 94.9 cm³/mol. The molecule has 110 valence electrons. The van der Waals surface area contributed by atoms with Crippen LogP contribution in [0.15, 0.2) is 42.5 Å². The molecule has 2 aromatic rings. The van der Waals surface area contributed by atoms with Crippen LogP contribution in [0.25, 0.3) is 0 Å². The Morgan fingerprint density at radius 3 is 2.19 bits per heavy atom. The third-order valence-corrected chi connectivity index (χ3v) is 7.03. The summed E-state index contributed by atoms with van der Waals surface area (Å²) >= 11 is 16.3. The van der Waals surface area contributed by atoms with E-state index >= 15 is 0 Å². The van der Waals surface area contributed by atoms with Crippen molar-refractivity contribution in [1.29, 1.82) is 0 Å². The summed E-state index contributed by atoms with van der Waals surface area (Å²) in [5.41, 5.74) is 2.18. The highest BCUT2D eigenvalue weighted by molar-refractivity contribution is 8.19. The molecule has 1 fully saturated rings. The van der Waals surface area contributed by atoms with Gasteiger partial charge in [0, 0.05) is 27.1 Å². The van der Waals surface area contributed by atoms with E-state index in [4.69, 9.17) is 27.9 Å². The van der Waals surface area contributed by atoms with Gasteiger partial charge in [0.05, 0.1) is 4.58 Å². The summed E-state index contributed by atoms with van der Waals surface area (Å²) in [7, 11) is 0. The van der Waals surface area contributed by atoms with Crippen molar-refractivity contribution in [3.05, 3.63) is 63.6 Å². The molecule has 0 aromatic heterocycles. The Labute approximate surface area is 143 Å². The molecule has 1 aliphatic heterocycles. The van der Waals surface area contributed by atoms with Crippen molar-refractivity contribution in [2.45, 2.75) is 11.2 Å². The number of ether oxygens (including phenoxy) is 1. The van der Waals surface area contributed by atoms with Gasteiger partial charge in [-0.05, 0) is 29.8 Å². The second kappa shape index (κ2) is 7.19. The first-order valence-corrected chi connectivity index (χ1v) is 9.48. The standard InChI is InChI=1S/C16H14Cl2OS2/c17-14-2-1-3-15(18)13(14)10-19-12-6-4-11(5-7-12)16-20-8-9-21-16/h1-7,16H,8-10H2. The predicted octanol–water partition coefficient (Wildman–Crippen LogP) is 6.05. The number of hydrogen-bond acceptors (Lipinski definition) is 3. The van der Waals surface area contributed by atoms with Gasteiger partial charge in [0.15, 0.2) is 0 Å². The van der Waals surface area contributed by atoms with Crippen molar-refractivity contribution in [3.8, 4) is 5.75 Å². The highest BCUT2D eigenvalue weighted by Crippen LogP contribution is 2.45. The third kappa shape index (κ3) is 3.84. The van der Waals surface area contributed by atoms with Gasteiger partial charge in [0.25, 0.3) is 0 Å². The smallest absolute Gasteiger partial charge is 0.119 e. The van der Waals surface area contributed by atoms with Crippen molar-refractivity contribution in [1.82, 2.24) is 0 Å². The molecule has 0 atom stereocenters. The molecule has 0 N–H and O–H groups in total. The van der Waals surface area contributed by atoms with Gasteiger partial charge < -0.3 is 4.74 Å². The molecule has 0 aliphatic carbocycles. The summed E-state index contributed by atoms with van der Waals surface area (Å²) < 4.78 is 6.36. The van der Waals surface area contributed by atoms with E-state index in [0.717, 1.165) is 11.3 Å². The summed E-state index contributed by atoms with van der Waals surface area (Å²) in [5.74, 6) is 3.31. The summed E-state index contributed by atoms with van der Waals surface area (Å²) in [4.78, 5) is 0.